The van der Waals surface area contributed by atoms with E-state index in [-0.39, 0.29) is 12.6 Å². The zero-order chi connectivity index (χ0) is 11.5. The first-order valence-corrected chi connectivity index (χ1v) is 4.67. The van der Waals surface area contributed by atoms with Gasteiger partial charge in [0.15, 0.2) is 0 Å². The summed E-state index contributed by atoms with van der Waals surface area (Å²) in [6.45, 7) is 2.20. The molecule has 0 aromatic carbocycles. The van der Waals surface area contributed by atoms with E-state index in [1.54, 1.807) is 0 Å². The smallest absolute Gasteiger partial charge is 0.347 e. The number of carbonyl (C=O) groups excluding carboxylic acids is 1. The van der Waals surface area contributed by atoms with Gasteiger partial charge in [0.25, 0.3) is 0 Å². The Hall–Kier alpha value is -0.820. The highest BCUT2D eigenvalue weighted by Gasteiger charge is 2.38. The van der Waals surface area contributed by atoms with Gasteiger partial charge in [0, 0.05) is 32.2 Å². The van der Waals surface area contributed by atoms with E-state index < -0.39 is 12.1 Å². The third-order valence-electron chi connectivity index (χ3n) is 2.40. The number of hydrogen-bond acceptors (Lipinski definition) is 3. The van der Waals surface area contributed by atoms with E-state index in [0.717, 1.165) is 13.1 Å². The van der Waals surface area contributed by atoms with Crippen molar-refractivity contribution < 1.29 is 18.0 Å². The molecule has 0 aromatic heterocycles. The van der Waals surface area contributed by atoms with Crippen LogP contribution in [0.5, 0.6) is 0 Å². The molecule has 0 saturated carbocycles. The minimum atomic E-state index is -4.79. The Morgan fingerprint density at radius 1 is 1.60 bits per heavy atom. The molecule has 1 unspecified atom stereocenters. The summed E-state index contributed by atoms with van der Waals surface area (Å²) < 4.78 is 35.6. The zero-order valence-corrected chi connectivity index (χ0v) is 8.40. The van der Waals surface area contributed by atoms with E-state index in [1.807, 2.05) is 17.3 Å². The molecule has 0 radical (unpaired) electrons. The predicted molar refractivity (Wildman–Crippen MR) is 48.4 cm³/mol. The minimum absolute atomic E-state index is 0.0157. The number of nitrogens with zero attached hydrogens (tertiary/aromatic N) is 1. The van der Waals surface area contributed by atoms with Crippen molar-refractivity contribution in [3.05, 3.63) is 0 Å². The number of hydrogen-bond donors (Lipinski definition) is 2. The lowest BCUT2D eigenvalue weighted by Crippen LogP contribution is -2.55. The van der Waals surface area contributed by atoms with Gasteiger partial charge in [0.1, 0.15) is 0 Å². The van der Waals surface area contributed by atoms with Gasteiger partial charge in [-0.2, -0.15) is 13.2 Å². The molecule has 1 heterocycles. The van der Waals surface area contributed by atoms with Gasteiger partial charge in [-0.3, -0.25) is 9.69 Å². The Balaban J connectivity index is 2.33. The molecule has 2 N–H and O–H groups in total. The van der Waals surface area contributed by atoms with E-state index in [1.165, 1.54) is 0 Å². The number of nitrogens with one attached hydrogen (secondary N) is 2. The first-order valence-electron chi connectivity index (χ1n) is 4.67. The summed E-state index contributed by atoms with van der Waals surface area (Å²) in [6, 6.07) is -0.0787. The van der Waals surface area contributed by atoms with Gasteiger partial charge in [-0.05, 0) is 7.05 Å². The van der Waals surface area contributed by atoms with E-state index >= 15 is 0 Å². The lowest BCUT2D eigenvalue weighted by atomic mass is 10.2. The minimum Gasteiger partial charge on any atom is -0.347 e. The van der Waals surface area contributed by atoms with Crippen molar-refractivity contribution in [3.63, 3.8) is 0 Å². The standard InChI is InChI=1S/C8H14F3N3O/c1-14-3-2-12-4-6(14)5-13-7(15)8(9,10)11/h6,12H,2-5H2,1H3,(H,13,15). The topological polar surface area (TPSA) is 44.4 Å². The molecule has 88 valence electrons. The number of carbonyl (C=O) groups is 1. The first kappa shape index (κ1) is 12.3. The Bertz CT molecular complexity index is 232. The van der Waals surface area contributed by atoms with Crippen LogP contribution in [0, 0.1) is 0 Å². The maximum atomic E-state index is 11.9. The van der Waals surface area contributed by atoms with Crippen LogP contribution in [0.25, 0.3) is 0 Å². The maximum absolute atomic E-state index is 11.9. The second-order valence-corrected chi connectivity index (χ2v) is 3.55. The van der Waals surface area contributed by atoms with Crippen LogP contribution >= 0.6 is 0 Å². The van der Waals surface area contributed by atoms with E-state index in [9.17, 15) is 18.0 Å². The molecule has 1 aliphatic heterocycles. The first-order chi connectivity index (χ1) is 6.91. The summed E-state index contributed by atoms with van der Waals surface area (Å²) in [5.74, 6) is -1.87. The molecule has 7 heteroatoms. The highest BCUT2D eigenvalue weighted by atomic mass is 19.4. The molecule has 4 nitrogen and oxygen atoms in total. The van der Waals surface area contributed by atoms with Gasteiger partial charge < -0.3 is 10.6 Å². The van der Waals surface area contributed by atoms with Gasteiger partial charge in [0.2, 0.25) is 0 Å². The predicted octanol–water partition coefficient (Wildman–Crippen LogP) is -0.432. The van der Waals surface area contributed by atoms with Crippen LogP contribution in [0.4, 0.5) is 13.2 Å². The Morgan fingerprint density at radius 3 is 2.80 bits per heavy atom. The van der Waals surface area contributed by atoms with Crippen LogP contribution in [0.15, 0.2) is 0 Å². The monoisotopic (exact) mass is 225 g/mol. The van der Waals surface area contributed by atoms with Crippen LogP contribution in [0.2, 0.25) is 0 Å². The molecule has 0 aromatic rings. The molecule has 1 amide bonds. The summed E-state index contributed by atoms with van der Waals surface area (Å²) in [6.07, 6.45) is -4.79. The van der Waals surface area contributed by atoms with Crippen LogP contribution in [-0.4, -0.2) is 56.3 Å². The summed E-state index contributed by atoms with van der Waals surface area (Å²) >= 11 is 0. The molecule has 1 atom stereocenters. The Kier molecular flexibility index (Phi) is 3.92. The quantitative estimate of drug-likeness (QED) is 0.670. The Morgan fingerprint density at radius 2 is 2.27 bits per heavy atom. The molecule has 0 aliphatic carbocycles. The van der Waals surface area contributed by atoms with E-state index in [0.29, 0.717) is 6.54 Å². The third-order valence-corrected chi connectivity index (χ3v) is 2.40. The molecule has 1 fully saturated rings. The van der Waals surface area contributed by atoms with Gasteiger partial charge in [-0.1, -0.05) is 0 Å². The average molecular weight is 225 g/mol. The van der Waals surface area contributed by atoms with Gasteiger partial charge in [-0.15, -0.1) is 0 Å². The lowest BCUT2D eigenvalue weighted by molar-refractivity contribution is -0.173. The number of halogens is 3. The molecule has 15 heavy (non-hydrogen) atoms. The molecule has 1 aliphatic rings. The molecule has 1 rings (SSSR count). The van der Waals surface area contributed by atoms with Crippen molar-refractivity contribution in [2.75, 3.05) is 33.2 Å². The van der Waals surface area contributed by atoms with Crippen molar-refractivity contribution in [3.8, 4) is 0 Å². The van der Waals surface area contributed by atoms with E-state index in [4.69, 9.17) is 0 Å². The normalized spacial score (nSPS) is 23.9. The number of rotatable bonds is 2. The largest absolute Gasteiger partial charge is 0.471 e. The second-order valence-electron chi connectivity index (χ2n) is 3.55. The third kappa shape index (κ3) is 3.67. The average Bonchev–Trinajstić information content (AvgIpc) is 2.14. The Labute approximate surface area is 85.8 Å². The fraction of sp³-hybridized carbons (Fsp3) is 0.875. The lowest BCUT2D eigenvalue weighted by Gasteiger charge is -2.33. The number of amides is 1. The molecule has 0 bridgehead atoms. The van der Waals surface area contributed by atoms with Crippen LogP contribution in [0.3, 0.4) is 0 Å². The maximum Gasteiger partial charge on any atom is 0.471 e. The number of likely N-dealkylation sites (N-methyl/N-ethyl adjacent to an activating group) is 1. The van der Waals surface area contributed by atoms with Crippen LogP contribution in [0.1, 0.15) is 0 Å². The molecular formula is C8H14F3N3O. The van der Waals surface area contributed by atoms with Crippen molar-refractivity contribution in [2.45, 2.75) is 12.2 Å². The highest BCUT2D eigenvalue weighted by molar-refractivity contribution is 5.81. The number of alkyl halides is 3. The molecule has 1 saturated heterocycles. The summed E-state index contributed by atoms with van der Waals surface area (Å²) in [5.41, 5.74) is 0. The fourth-order valence-corrected chi connectivity index (χ4v) is 1.40. The second kappa shape index (κ2) is 4.80. The van der Waals surface area contributed by atoms with Crippen molar-refractivity contribution in [1.82, 2.24) is 15.5 Å². The van der Waals surface area contributed by atoms with Crippen LogP contribution < -0.4 is 10.6 Å². The SMILES string of the molecule is CN1CCNCC1CNC(=O)C(F)(F)F. The summed E-state index contributed by atoms with van der Waals surface area (Å²) in [7, 11) is 1.82. The molecule has 0 spiro atoms. The van der Waals surface area contributed by atoms with Crippen LogP contribution in [-0.2, 0) is 4.79 Å². The zero-order valence-electron chi connectivity index (χ0n) is 8.40. The van der Waals surface area contributed by atoms with Gasteiger partial charge >= 0.3 is 12.1 Å². The van der Waals surface area contributed by atoms with E-state index in [2.05, 4.69) is 5.32 Å². The van der Waals surface area contributed by atoms with Crippen molar-refractivity contribution >= 4 is 5.91 Å². The molecular weight excluding hydrogens is 211 g/mol. The summed E-state index contributed by atoms with van der Waals surface area (Å²) in [4.78, 5) is 12.5. The van der Waals surface area contributed by atoms with Crippen molar-refractivity contribution in [1.29, 1.82) is 0 Å². The highest BCUT2D eigenvalue weighted by Crippen LogP contribution is 2.14. The number of piperazine rings is 1. The van der Waals surface area contributed by atoms with Gasteiger partial charge in [0.05, 0.1) is 0 Å². The van der Waals surface area contributed by atoms with Crippen molar-refractivity contribution in [2.24, 2.45) is 0 Å². The fourth-order valence-electron chi connectivity index (χ4n) is 1.40. The summed E-state index contributed by atoms with van der Waals surface area (Å²) in [5, 5.41) is 4.93. The van der Waals surface area contributed by atoms with Gasteiger partial charge in [-0.25, -0.2) is 0 Å².